The molecule has 0 fully saturated rings. The van der Waals surface area contributed by atoms with Crippen molar-refractivity contribution in [1.29, 1.82) is 0 Å². The van der Waals surface area contributed by atoms with E-state index in [0.29, 0.717) is 22.6 Å². The number of hydrogen-bond donors (Lipinski definition) is 1. The van der Waals surface area contributed by atoms with Gasteiger partial charge in [-0.2, -0.15) is 0 Å². The van der Waals surface area contributed by atoms with Crippen molar-refractivity contribution >= 4 is 16.7 Å². The van der Waals surface area contributed by atoms with Gasteiger partial charge in [-0.15, -0.1) is 0 Å². The Bertz CT molecular complexity index is 1250. The molecule has 0 spiro atoms. The van der Waals surface area contributed by atoms with Gasteiger partial charge < -0.3 is 14.6 Å². The Balaban J connectivity index is 1.82. The van der Waals surface area contributed by atoms with Crippen LogP contribution in [0.25, 0.3) is 21.9 Å². The second-order valence-electron chi connectivity index (χ2n) is 7.27. The smallest absolute Gasteiger partial charge is 0.310 e. The highest BCUT2D eigenvalue weighted by Crippen LogP contribution is 2.41. The lowest BCUT2D eigenvalue weighted by Gasteiger charge is -2.16. The number of carboxylic acids is 1. The zero-order chi connectivity index (χ0) is 22.0. The molecule has 0 amide bonds. The highest BCUT2D eigenvalue weighted by atomic mass is 19.1. The van der Waals surface area contributed by atoms with Crippen molar-refractivity contribution in [1.82, 2.24) is 0 Å². The minimum atomic E-state index is -0.884. The SMILES string of the molecule is COc1ccc2c(Oc3ccc(C(C)C(=O)O)cc3)c(-c3cccc(F)c3)ccc2c1. The molecule has 4 rings (SSSR count). The van der Waals surface area contributed by atoms with Crippen molar-refractivity contribution in [3.8, 4) is 28.4 Å². The molecule has 0 radical (unpaired) electrons. The molecule has 1 atom stereocenters. The van der Waals surface area contributed by atoms with E-state index in [1.54, 1.807) is 44.4 Å². The highest BCUT2D eigenvalue weighted by molar-refractivity contribution is 5.96. The molecule has 31 heavy (non-hydrogen) atoms. The lowest BCUT2D eigenvalue weighted by molar-refractivity contribution is -0.138. The zero-order valence-electron chi connectivity index (χ0n) is 17.1. The number of aliphatic carboxylic acids is 1. The van der Waals surface area contributed by atoms with Crippen LogP contribution < -0.4 is 9.47 Å². The molecule has 0 saturated carbocycles. The molecule has 1 N–H and O–H groups in total. The minimum absolute atomic E-state index is 0.328. The summed E-state index contributed by atoms with van der Waals surface area (Å²) in [6, 6.07) is 22.8. The molecule has 0 aliphatic rings. The number of carbonyl (C=O) groups is 1. The largest absolute Gasteiger partial charge is 0.497 e. The second kappa shape index (κ2) is 8.48. The summed E-state index contributed by atoms with van der Waals surface area (Å²) in [4.78, 5) is 11.2. The lowest BCUT2D eigenvalue weighted by Crippen LogP contribution is -2.06. The van der Waals surface area contributed by atoms with Crippen molar-refractivity contribution < 1.29 is 23.8 Å². The molecule has 0 bridgehead atoms. The van der Waals surface area contributed by atoms with E-state index in [4.69, 9.17) is 9.47 Å². The minimum Gasteiger partial charge on any atom is -0.497 e. The molecule has 4 aromatic rings. The van der Waals surface area contributed by atoms with Gasteiger partial charge in [0.2, 0.25) is 0 Å². The van der Waals surface area contributed by atoms with Crippen LogP contribution in [-0.2, 0) is 4.79 Å². The van der Waals surface area contributed by atoms with Gasteiger partial charge in [0.25, 0.3) is 0 Å². The fraction of sp³-hybridized carbons (Fsp3) is 0.115. The van der Waals surface area contributed by atoms with Crippen molar-refractivity contribution in [3.63, 3.8) is 0 Å². The van der Waals surface area contributed by atoms with E-state index in [1.165, 1.54) is 12.1 Å². The highest BCUT2D eigenvalue weighted by Gasteiger charge is 2.16. The number of carboxylic acid groups (broad SMARTS) is 1. The third-order valence-electron chi connectivity index (χ3n) is 5.28. The van der Waals surface area contributed by atoms with Crippen LogP contribution >= 0.6 is 0 Å². The number of rotatable bonds is 6. The fourth-order valence-corrected chi connectivity index (χ4v) is 3.48. The van der Waals surface area contributed by atoms with Crippen LogP contribution in [0.2, 0.25) is 0 Å². The van der Waals surface area contributed by atoms with Crippen molar-refractivity contribution in [2.24, 2.45) is 0 Å². The quantitative estimate of drug-likeness (QED) is 0.383. The number of ether oxygens (including phenoxy) is 2. The molecule has 0 heterocycles. The number of benzene rings is 4. The normalized spacial score (nSPS) is 11.8. The van der Waals surface area contributed by atoms with E-state index in [2.05, 4.69) is 0 Å². The molecule has 1 unspecified atom stereocenters. The number of fused-ring (bicyclic) bond motifs is 1. The average molecular weight is 416 g/mol. The van der Waals surface area contributed by atoms with Gasteiger partial charge in [-0.3, -0.25) is 4.79 Å². The third kappa shape index (κ3) is 4.21. The maximum absolute atomic E-state index is 13.9. The Morgan fingerprint density at radius 3 is 2.35 bits per heavy atom. The summed E-state index contributed by atoms with van der Waals surface area (Å²) >= 11 is 0. The second-order valence-corrected chi connectivity index (χ2v) is 7.27. The van der Waals surface area contributed by atoms with E-state index >= 15 is 0 Å². The summed E-state index contributed by atoms with van der Waals surface area (Å²) in [6.07, 6.45) is 0. The maximum atomic E-state index is 13.9. The van der Waals surface area contributed by atoms with Crippen molar-refractivity contribution in [2.45, 2.75) is 12.8 Å². The van der Waals surface area contributed by atoms with E-state index in [0.717, 1.165) is 22.1 Å². The van der Waals surface area contributed by atoms with Crippen LogP contribution in [-0.4, -0.2) is 18.2 Å². The van der Waals surface area contributed by atoms with E-state index < -0.39 is 11.9 Å². The number of halogens is 1. The summed E-state index contributed by atoms with van der Waals surface area (Å²) < 4.78 is 25.5. The van der Waals surface area contributed by atoms with Crippen LogP contribution in [0.15, 0.2) is 78.9 Å². The summed E-state index contributed by atoms with van der Waals surface area (Å²) in [5, 5.41) is 11.0. The Labute approximate surface area is 179 Å². The van der Waals surface area contributed by atoms with Gasteiger partial charge in [-0.25, -0.2) is 4.39 Å². The fourth-order valence-electron chi connectivity index (χ4n) is 3.48. The van der Waals surface area contributed by atoms with Gasteiger partial charge in [-0.05, 0) is 72.0 Å². The van der Waals surface area contributed by atoms with Crippen LogP contribution in [0.3, 0.4) is 0 Å². The topological polar surface area (TPSA) is 55.8 Å². The van der Waals surface area contributed by atoms with Gasteiger partial charge in [0, 0.05) is 10.9 Å². The monoisotopic (exact) mass is 416 g/mol. The van der Waals surface area contributed by atoms with Gasteiger partial charge >= 0.3 is 5.97 Å². The van der Waals surface area contributed by atoms with Crippen LogP contribution in [0.4, 0.5) is 4.39 Å². The Hall–Kier alpha value is -3.86. The molecule has 4 aromatic carbocycles. The Morgan fingerprint density at radius 2 is 1.68 bits per heavy atom. The van der Waals surface area contributed by atoms with Gasteiger partial charge in [0.05, 0.1) is 13.0 Å². The lowest BCUT2D eigenvalue weighted by atomic mass is 9.99. The van der Waals surface area contributed by atoms with Crippen LogP contribution in [0.5, 0.6) is 17.2 Å². The Morgan fingerprint density at radius 1 is 0.935 bits per heavy atom. The van der Waals surface area contributed by atoms with Crippen molar-refractivity contribution in [3.05, 3.63) is 90.2 Å². The maximum Gasteiger partial charge on any atom is 0.310 e. The van der Waals surface area contributed by atoms with E-state index in [-0.39, 0.29) is 5.82 Å². The molecule has 5 heteroatoms. The predicted octanol–water partition coefficient (Wildman–Crippen LogP) is 6.63. The summed E-state index contributed by atoms with van der Waals surface area (Å²) in [6.45, 7) is 1.64. The summed E-state index contributed by atoms with van der Waals surface area (Å²) in [5.74, 6) is 0.0494. The van der Waals surface area contributed by atoms with Crippen LogP contribution in [0, 0.1) is 5.82 Å². The first-order valence-electron chi connectivity index (χ1n) is 9.83. The van der Waals surface area contributed by atoms with E-state index in [9.17, 15) is 14.3 Å². The number of methoxy groups -OCH3 is 1. The summed E-state index contributed by atoms with van der Waals surface area (Å²) in [5.41, 5.74) is 2.14. The molecule has 0 aliphatic carbocycles. The first-order valence-corrected chi connectivity index (χ1v) is 9.83. The average Bonchev–Trinajstić information content (AvgIpc) is 2.78. The van der Waals surface area contributed by atoms with Crippen molar-refractivity contribution in [2.75, 3.05) is 7.11 Å². The molecule has 156 valence electrons. The van der Waals surface area contributed by atoms with Gasteiger partial charge in [0.1, 0.15) is 23.1 Å². The Kier molecular flexibility index (Phi) is 5.58. The summed E-state index contributed by atoms with van der Waals surface area (Å²) in [7, 11) is 1.61. The van der Waals surface area contributed by atoms with Crippen LogP contribution in [0.1, 0.15) is 18.4 Å². The number of hydrogen-bond acceptors (Lipinski definition) is 3. The molecule has 0 aliphatic heterocycles. The molecular formula is C26H21FO4. The first-order chi connectivity index (χ1) is 15.0. The van der Waals surface area contributed by atoms with Gasteiger partial charge in [-0.1, -0.05) is 30.3 Å². The molecule has 0 saturated heterocycles. The predicted molar refractivity (Wildman–Crippen MR) is 118 cm³/mol. The molecule has 4 nitrogen and oxygen atoms in total. The molecular weight excluding hydrogens is 395 g/mol. The standard InChI is InChI=1S/C26H21FO4/c1-16(26(28)29)17-6-9-21(10-7-17)31-25-23(18-4-3-5-20(27)14-18)12-8-19-15-22(30-2)11-13-24(19)25/h3-16H,1-2H3,(H,28,29). The zero-order valence-corrected chi connectivity index (χ0v) is 17.1. The van der Waals surface area contributed by atoms with E-state index in [1.807, 2.05) is 36.4 Å². The first kappa shape index (κ1) is 20.4. The third-order valence-corrected chi connectivity index (χ3v) is 5.28. The molecule has 0 aromatic heterocycles. The van der Waals surface area contributed by atoms with Gasteiger partial charge in [0.15, 0.2) is 0 Å².